The largest absolute Gasteiger partial charge is 0.378 e. The van der Waals surface area contributed by atoms with Crippen LogP contribution in [0.1, 0.15) is 25.3 Å². The van der Waals surface area contributed by atoms with Gasteiger partial charge in [0, 0.05) is 23.7 Å². The highest BCUT2D eigenvalue weighted by Crippen LogP contribution is 2.18. The minimum atomic E-state index is -0.304. The normalized spacial score (nSPS) is 22.4. The summed E-state index contributed by atoms with van der Waals surface area (Å²) in [6.07, 6.45) is 1.84. The number of rotatable bonds is 3. The Kier molecular flexibility index (Phi) is 5.37. The summed E-state index contributed by atoms with van der Waals surface area (Å²) in [6.45, 7) is 3.03. The molecular weight excluding hydrogens is 327 g/mol. The molecule has 2 N–H and O–H groups in total. The van der Waals surface area contributed by atoms with Crippen molar-refractivity contribution in [2.24, 2.45) is 0 Å². The second kappa shape index (κ2) is 7.04. The first kappa shape index (κ1) is 15.3. The van der Waals surface area contributed by atoms with Gasteiger partial charge in [-0.25, -0.2) is 9.18 Å². The number of nitrogens with one attached hydrogen (secondary N) is 2. The van der Waals surface area contributed by atoms with Crippen LogP contribution in [-0.2, 0) is 11.3 Å². The maximum absolute atomic E-state index is 13.0. The summed E-state index contributed by atoms with van der Waals surface area (Å²) in [6, 6.07) is 4.35. The monoisotopic (exact) mass is 344 g/mol. The molecule has 1 aliphatic rings. The van der Waals surface area contributed by atoms with Crippen molar-refractivity contribution >= 4 is 22.0 Å². The standard InChI is InChI=1S/C14H18BrFN2O2/c1-9-6-12(4-5-20-9)18-14(19)17-8-10-2-3-11(16)7-13(10)15/h2-3,7,9,12H,4-6,8H2,1H3,(H2,17,18,19)/t9-,12-/m1/s1. The minimum absolute atomic E-state index is 0.149. The van der Waals surface area contributed by atoms with Crippen LogP contribution in [0.3, 0.4) is 0 Å². The minimum Gasteiger partial charge on any atom is -0.378 e. The lowest BCUT2D eigenvalue weighted by Crippen LogP contribution is -2.45. The number of hydrogen-bond acceptors (Lipinski definition) is 2. The predicted octanol–water partition coefficient (Wildman–Crippen LogP) is 2.95. The van der Waals surface area contributed by atoms with Gasteiger partial charge < -0.3 is 15.4 Å². The summed E-state index contributed by atoms with van der Waals surface area (Å²) in [5, 5.41) is 5.71. The number of amides is 2. The third-order valence-corrected chi connectivity index (χ3v) is 4.01. The van der Waals surface area contributed by atoms with Crippen molar-refractivity contribution in [3.8, 4) is 0 Å². The lowest BCUT2D eigenvalue weighted by Gasteiger charge is -2.27. The Morgan fingerprint density at radius 2 is 2.35 bits per heavy atom. The molecule has 1 aliphatic heterocycles. The molecule has 1 saturated heterocycles. The van der Waals surface area contributed by atoms with E-state index in [0.29, 0.717) is 17.6 Å². The topological polar surface area (TPSA) is 50.4 Å². The third kappa shape index (κ3) is 4.45. The molecule has 1 heterocycles. The van der Waals surface area contributed by atoms with Gasteiger partial charge in [-0.05, 0) is 37.5 Å². The van der Waals surface area contributed by atoms with E-state index in [1.165, 1.54) is 12.1 Å². The van der Waals surface area contributed by atoms with Crippen LogP contribution in [0.4, 0.5) is 9.18 Å². The van der Waals surface area contributed by atoms with Gasteiger partial charge in [-0.15, -0.1) is 0 Å². The fourth-order valence-electron chi connectivity index (χ4n) is 2.21. The third-order valence-electron chi connectivity index (χ3n) is 3.27. The molecule has 1 aromatic carbocycles. The molecule has 2 amide bonds. The number of urea groups is 1. The molecule has 20 heavy (non-hydrogen) atoms. The van der Waals surface area contributed by atoms with Crippen molar-refractivity contribution in [2.75, 3.05) is 6.61 Å². The molecule has 0 aliphatic carbocycles. The number of carbonyl (C=O) groups excluding carboxylic acids is 1. The molecule has 0 bridgehead atoms. The molecule has 1 fully saturated rings. The highest BCUT2D eigenvalue weighted by atomic mass is 79.9. The average Bonchev–Trinajstić information content (AvgIpc) is 2.37. The van der Waals surface area contributed by atoms with Crippen molar-refractivity contribution in [2.45, 2.75) is 38.5 Å². The number of carbonyl (C=O) groups is 1. The Bertz CT molecular complexity index is 484. The van der Waals surface area contributed by atoms with E-state index in [0.717, 1.165) is 18.4 Å². The van der Waals surface area contributed by atoms with E-state index in [-0.39, 0.29) is 24.0 Å². The van der Waals surface area contributed by atoms with E-state index in [1.807, 2.05) is 6.92 Å². The Morgan fingerprint density at radius 3 is 3.05 bits per heavy atom. The molecule has 0 spiro atoms. The predicted molar refractivity (Wildman–Crippen MR) is 77.9 cm³/mol. The van der Waals surface area contributed by atoms with Crippen LogP contribution in [0.15, 0.2) is 22.7 Å². The molecule has 0 radical (unpaired) electrons. The SMILES string of the molecule is C[C@@H]1C[C@H](NC(=O)NCc2ccc(F)cc2Br)CCO1. The first-order chi connectivity index (χ1) is 9.54. The Hall–Kier alpha value is -1.14. The number of benzene rings is 1. The lowest BCUT2D eigenvalue weighted by molar-refractivity contribution is 0.0154. The van der Waals surface area contributed by atoms with Gasteiger partial charge in [-0.2, -0.15) is 0 Å². The van der Waals surface area contributed by atoms with E-state index in [9.17, 15) is 9.18 Å². The van der Waals surface area contributed by atoms with Gasteiger partial charge in [0.25, 0.3) is 0 Å². The van der Waals surface area contributed by atoms with Crippen molar-refractivity contribution in [3.05, 3.63) is 34.1 Å². The van der Waals surface area contributed by atoms with E-state index >= 15 is 0 Å². The fraction of sp³-hybridized carbons (Fsp3) is 0.500. The maximum Gasteiger partial charge on any atom is 0.315 e. The summed E-state index contributed by atoms with van der Waals surface area (Å²) in [5.74, 6) is -0.304. The smallest absolute Gasteiger partial charge is 0.315 e. The zero-order valence-corrected chi connectivity index (χ0v) is 12.9. The Balaban J connectivity index is 1.80. The van der Waals surface area contributed by atoms with Gasteiger partial charge in [0.2, 0.25) is 0 Å². The highest BCUT2D eigenvalue weighted by molar-refractivity contribution is 9.10. The van der Waals surface area contributed by atoms with Crippen LogP contribution in [0.2, 0.25) is 0 Å². The highest BCUT2D eigenvalue weighted by Gasteiger charge is 2.20. The average molecular weight is 345 g/mol. The quantitative estimate of drug-likeness (QED) is 0.885. The van der Waals surface area contributed by atoms with E-state index in [2.05, 4.69) is 26.6 Å². The summed E-state index contributed by atoms with van der Waals surface area (Å²) in [7, 11) is 0. The second-order valence-electron chi connectivity index (χ2n) is 4.97. The summed E-state index contributed by atoms with van der Waals surface area (Å²) in [5.41, 5.74) is 0.835. The van der Waals surface area contributed by atoms with Gasteiger partial charge in [-0.3, -0.25) is 0 Å². The first-order valence-corrected chi connectivity index (χ1v) is 7.44. The van der Waals surface area contributed by atoms with E-state index < -0.39 is 0 Å². The lowest BCUT2D eigenvalue weighted by atomic mass is 10.0. The molecule has 2 atom stereocenters. The van der Waals surface area contributed by atoms with Gasteiger partial charge in [-0.1, -0.05) is 22.0 Å². The van der Waals surface area contributed by atoms with Crippen molar-refractivity contribution in [3.63, 3.8) is 0 Å². The first-order valence-electron chi connectivity index (χ1n) is 6.64. The molecule has 4 nitrogen and oxygen atoms in total. The van der Waals surface area contributed by atoms with Crippen molar-refractivity contribution in [1.29, 1.82) is 0 Å². The zero-order chi connectivity index (χ0) is 14.5. The van der Waals surface area contributed by atoms with Crippen LogP contribution in [-0.4, -0.2) is 24.8 Å². The van der Waals surface area contributed by atoms with Gasteiger partial charge in [0.1, 0.15) is 5.82 Å². The number of halogens is 2. The van der Waals surface area contributed by atoms with Gasteiger partial charge in [0.05, 0.1) is 6.10 Å². The molecule has 110 valence electrons. The molecule has 6 heteroatoms. The molecule has 0 unspecified atom stereocenters. The van der Waals surface area contributed by atoms with Crippen LogP contribution < -0.4 is 10.6 Å². The summed E-state index contributed by atoms with van der Waals surface area (Å²) < 4.78 is 19.0. The molecule has 1 aromatic rings. The van der Waals surface area contributed by atoms with Gasteiger partial charge >= 0.3 is 6.03 Å². The zero-order valence-electron chi connectivity index (χ0n) is 11.3. The fourth-order valence-corrected chi connectivity index (χ4v) is 2.70. The summed E-state index contributed by atoms with van der Waals surface area (Å²) in [4.78, 5) is 11.8. The maximum atomic E-state index is 13.0. The number of ether oxygens (including phenoxy) is 1. The van der Waals surface area contributed by atoms with Crippen LogP contribution >= 0.6 is 15.9 Å². The molecule has 0 saturated carbocycles. The van der Waals surface area contributed by atoms with Crippen LogP contribution in [0, 0.1) is 5.82 Å². The van der Waals surface area contributed by atoms with Gasteiger partial charge in [0.15, 0.2) is 0 Å². The molecule has 0 aromatic heterocycles. The van der Waals surface area contributed by atoms with Crippen molar-refractivity contribution in [1.82, 2.24) is 10.6 Å². The summed E-state index contributed by atoms with van der Waals surface area (Å²) >= 11 is 3.28. The molecule has 2 rings (SSSR count). The number of hydrogen-bond donors (Lipinski definition) is 2. The Morgan fingerprint density at radius 1 is 1.55 bits per heavy atom. The molecular formula is C14H18BrFN2O2. The second-order valence-corrected chi connectivity index (χ2v) is 5.82. The van der Waals surface area contributed by atoms with Crippen LogP contribution in [0.5, 0.6) is 0 Å². The van der Waals surface area contributed by atoms with Crippen molar-refractivity contribution < 1.29 is 13.9 Å². The van der Waals surface area contributed by atoms with E-state index in [1.54, 1.807) is 6.07 Å². The van der Waals surface area contributed by atoms with E-state index in [4.69, 9.17) is 4.74 Å². The van der Waals surface area contributed by atoms with Crippen LogP contribution in [0.25, 0.3) is 0 Å². The Labute approximate surface area is 126 Å².